The Morgan fingerprint density at radius 1 is 1.36 bits per heavy atom. The number of hydrogen-bond acceptors (Lipinski definition) is 2. The fraction of sp³-hybridized carbons (Fsp3) is 0.889. The van der Waals surface area contributed by atoms with Crippen LogP contribution in [0.25, 0.3) is 0 Å². The van der Waals surface area contributed by atoms with Crippen LogP contribution in [0.1, 0.15) is 39.5 Å². The molecule has 0 aromatic rings. The molecule has 0 aliphatic carbocycles. The minimum absolute atomic E-state index is 0.313. The Hall–Kier alpha value is -0.370. The van der Waals surface area contributed by atoms with Gasteiger partial charge in [-0.25, -0.2) is 0 Å². The number of nitrogens with two attached hydrogens (primary N) is 1. The van der Waals surface area contributed by atoms with Crippen LogP contribution in [0.3, 0.4) is 0 Å². The van der Waals surface area contributed by atoms with E-state index in [1.807, 2.05) is 0 Å². The smallest absolute Gasteiger partial charge is 0.134 e. The van der Waals surface area contributed by atoms with E-state index in [-0.39, 0.29) is 0 Å². The summed E-state index contributed by atoms with van der Waals surface area (Å²) in [7, 11) is 0. The Labute approximate surface area is 69.2 Å². The summed E-state index contributed by atoms with van der Waals surface area (Å²) >= 11 is 0. The van der Waals surface area contributed by atoms with Gasteiger partial charge in [-0.1, -0.05) is 20.3 Å². The predicted molar refractivity (Wildman–Crippen MR) is 47.4 cm³/mol. The van der Waals surface area contributed by atoms with Crippen LogP contribution < -0.4 is 5.73 Å². The molecule has 0 saturated heterocycles. The molecule has 2 nitrogen and oxygen atoms in total. The molecule has 0 aromatic carbocycles. The summed E-state index contributed by atoms with van der Waals surface area (Å²) < 4.78 is 0. The Bertz CT molecular complexity index is 110. The summed E-state index contributed by atoms with van der Waals surface area (Å²) in [4.78, 5) is 10.9. The molecule has 0 bridgehead atoms. The van der Waals surface area contributed by atoms with E-state index in [9.17, 15) is 4.79 Å². The average molecular weight is 157 g/mol. The highest BCUT2D eigenvalue weighted by molar-refractivity contribution is 5.78. The topological polar surface area (TPSA) is 43.1 Å². The molecule has 0 radical (unpaired) electrons. The third kappa shape index (κ3) is 7.53. The van der Waals surface area contributed by atoms with Gasteiger partial charge < -0.3 is 5.73 Å². The Morgan fingerprint density at radius 3 is 2.45 bits per heavy atom. The lowest BCUT2D eigenvalue weighted by Gasteiger charge is -2.02. The summed E-state index contributed by atoms with van der Waals surface area (Å²) in [5, 5.41) is 0. The van der Waals surface area contributed by atoms with Crippen LogP contribution in [0.15, 0.2) is 0 Å². The van der Waals surface area contributed by atoms with Crippen LogP contribution >= 0.6 is 0 Å². The number of carbonyl (C=O) groups is 1. The predicted octanol–water partition coefficient (Wildman–Crippen LogP) is 1.73. The first-order chi connectivity index (χ1) is 5.16. The van der Waals surface area contributed by atoms with E-state index in [0.29, 0.717) is 24.7 Å². The molecule has 2 heteroatoms. The molecule has 0 heterocycles. The van der Waals surface area contributed by atoms with Gasteiger partial charge in [0.05, 0.1) is 0 Å². The molecule has 0 spiro atoms. The van der Waals surface area contributed by atoms with Crippen molar-refractivity contribution in [3.63, 3.8) is 0 Å². The second-order valence-corrected chi connectivity index (χ2v) is 3.36. The highest BCUT2D eigenvalue weighted by atomic mass is 16.1. The van der Waals surface area contributed by atoms with Crippen LogP contribution in [0.5, 0.6) is 0 Å². The van der Waals surface area contributed by atoms with Gasteiger partial charge in [0.25, 0.3) is 0 Å². The maximum atomic E-state index is 10.9. The Balaban J connectivity index is 3.17. The van der Waals surface area contributed by atoms with E-state index in [0.717, 1.165) is 19.3 Å². The largest absolute Gasteiger partial charge is 0.330 e. The van der Waals surface area contributed by atoms with Crippen molar-refractivity contribution in [1.29, 1.82) is 0 Å². The first kappa shape index (κ1) is 10.6. The zero-order valence-electron chi connectivity index (χ0n) is 7.60. The van der Waals surface area contributed by atoms with Crippen molar-refractivity contribution in [2.75, 3.05) is 6.54 Å². The fourth-order valence-electron chi connectivity index (χ4n) is 0.993. The molecule has 0 aliphatic rings. The van der Waals surface area contributed by atoms with E-state index in [4.69, 9.17) is 5.73 Å². The van der Waals surface area contributed by atoms with Crippen molar-refractivity contribution >= 4 is 5.78 Å². The minimum Gasteiger partial charge on any atom is -0.330 e. The molecule has 0 unspecified atom stereocenters. The van der Waals surface area contributed by atoms with Crippen molar-refractivity contribution in [2.24, 2.45) is 11.7 Å². The summed E-state index contributed by atoms with van der Waals surface area (Å²) in [6.07, 6.45) is 3.44. The van der Waals surface area contributed by atoms with E-state index >= 15 is 0 Å². The molecular weight excluding hydrogens is 138 g/mol. The number of hydrogen-bond donors (Lipinski definition) is 1. The van der Waals surface area contributed by atoms with Gasteiger partial charge in [0.1, 0.15) is 5.78 Å². The molecular formula is C9H19NO. The molecule has 2 N–H and O–H groups in total. The zero-order valence-corrected chi connectivity index (χ0v) is 7.60. The van der Waals surface area contributed by atoms with Crippen LogP contribution in [0.2, 0.25) is 0 Å². The quantitative estimate of drug-likeness (QED) is 0.638. The van der Waals surface area contributed by atoms with Gasteiger partial charge in [0.15, 0.2) is 0 Å². The van der Waals surface area contributed by atoms with E-state index in [1.165, 1.54) is 0 Å². The molecule has 0 aromatic heterocycles. The van der Waals surface area contributed by atoms with Gasteiger partial charge in [-0.2, -0.15) is 0 Å². The summed E-state index contributed by atoms with van der Waals surface area (Å²) in [5.74, 6) is 1.02. The molecule has 0 atom stereocenters. The van der Waals surface area contributed by atoms with Crippen LogP contribution in [0, 0.1) is 5.92 Å². The molecule has 66 valence electrons. The van der Waals surface area contributed by atoms with Crippen LogP contribution in [0.4, 0.5) is 0 Å². The van der Waals surface area contributed by atoms with E-state index < -0.39 is 0 Å². The maximum absolute atomic E-state index is 10.9. The second kappa shape index (κ2) is 6.35. The monoisotopic (exact) mass is 157 g/mol. The minimum atomic E-state index is 0.313. The highest BCUT2D eigenvalue weighted by Gasteiger charge is 2.00. The molecule has 0 rings (SSSR count). The van der Waals surface area contributed by atoms with Crippen molar-refractivity contribution in [2.45, 2.75) is 39.5 Å². The van der Waals surface area contributed by atoms with Gasteiger partial charge in [0.2, 0.25) is 0 Å². The molecule has 0 aliphatic heterocycles. The molecule has 11 heavy (non-hydrogen) atoms. The van der Waals surface area contributed by atoms with Gasteiger partial charge in [-0.3, -0.25) is 4.79 Å². The number of Topliss-reactive ketones (excluding diaryl/α,β-unsaturated/α-hetero) is 1. The number of rotatable bonds is 6. The molecule has 0 amide bonds. The normalized spacial score (nSPS) is 10.5. The van der Waals surface area contributed by atoms with Crippen molar-refractivity contribution in [1.82, 2.24) is 0 Å². The lowest BCUT2D eigenvalue weighted by molar-refractivity contribution is -0.119. The van der Waals surface area contributed by atoms with Gasteiger partial charge in [0, 0.05) is 12.8 Å². The van der Waals surface area contributed by atoms with E-state index in [1.54, 1.807) is 0 Å². The van der Waals surface area contributed by atoms with Crippen molar-refractivity contribution in [3.8, 4) is 0 Å². The van der Waals surface area contributed by atoms with Gasteiger partial charge >= 0.3 is 0 Å². The van der Waals surface area contributed by atoms with Gasteiger partial charge in [-0.15, -0.1) is 0 Å². The molecule has 0 saturated carbocycles. The third-order valence-electron chi connectivity index (χ3n) is 1.66. The average Bonchev–Trinajstić information content (AvgIpc) is 1.87. The zero-order chi connectivity index (χ0) is 8.69. The van der Waals surface area contributed by atoms with Crippen molar-refractivity contribution in [3.05, 3.63) is 0 Å². The molecule has 0 fully saturated rings. The SMILES string of the molecule is CC(C)CCCC(=O)CCN. The summed E-state index contributed by atoms with van der Waals surface area (Å²) in [6.45, 7) is 4.85. The first-order valence-electron chi connectivity index (χ1n) is 4.38. The third-order valence-corrected chi connectivity index (χ3v) is 1.66. The van der Waals surface area contributed by atoms with Crippen LogP contribution in [-0.4, -0.2) is 12.3 Å². The summed E-state index contributed by atoms with van der Waals surface area (Å²) in [6, 6.07) is 0. The number of ketones is 1. The fourth-order valence-corrected chi connectivity index (χ4v) is 0.993. The van der Waals surface area contributed by atoms with Crippen LogP contribution in [-0.2, 0) is 4.79 Å². The standard InChI is InChI=1S/C9H19NO/c1-8(2)4-3-5-9(11)6-7-10/h8H,3-7,10H2,1-2H3. The lowest BCUT2D eigenvalue weighted by Crippen LogP contribution is -2.07. The second-order valence-electron chi connectivity index (χ2n) is 3.36. The first-order valence-corrected chi connectivity index (χ1v) is 4.38. The summed E-state index contributed by atoms with van der Waals surface area (Å²) in [5.41, 5.74) is 5.24. The lowest BCUT2D eigenvalue weighted by atomic mass is 10.0. The highest BCUT2D eigenvalue weighted by Crippen LogP contribution is 2.06. The van der Waals surface area contributed by atoms with E-state index in [2.05, 4.69) is 13.8 Å². The number of carbonyl (C=O) groups excluding carboxylic acids is 1. The maximum Gasteiger partial charge on any atom is 0.134 e. The Morgan fingerprint density at radius 2 is 2.00 bits per heavy atom. The Kier molecular flexibility index (Phi) is 6.13. The van der Waals surface area contributed by atoms with Crippen molar-refractivity contribution < 1.29 is 4.79 Å². The van der Waals surface area contributed by atoms with Gasteiger partial charge in [-0.05, 0) is 18.9 Å².